The zero-order valence-corrected chi connectivity index (χ0v) is 6.80. The van der Waals surface area contributed by atoms with Crippen molar-refractivity contribution in [3.8, 4) is 0 Å². The summed E-state index contributed by atoms with van der Waals surface area (Å²) in [6.07, 6.45) is 2.72. The number of allylic oxidation sites excluding steroid dienone is 1. The molecule has 1 aliphatic carbocycles. The van der Waals surface area contributed by atoms with Crippen LogP contribution in [0.15, 0.2) is 12.2 Å². The zero-order valence-electron chi connectivity index (χ0n) is 4.70. The molecule has 1 fully saturated rings. The molecule has 0 spiro atoms. The van der Waals surface area contributed by atoms with Gasteiger partial charge in [-0.15, -0.1) is 0 Å². The molecule has 0 nitrogen and oxygen atoms in total. The molecule has 0 aromatic heterocycles. The van der Waals surface area contributed by atoms with Crippen molar-refractivity contribution >= 4 is 15.8 Å². The van der Waals surface area contributed by atoms with Gasteiger partial charge in [-0.05, 0) is 0 Å². The summed E-state index contributed by atoms with van der Waals surface area (Å²) >= 11 is 0.434. The summed E-state index contributed by atoms with van der Waals surface area (Å²) in [5, 5.41) is 0. The maximum atomic E-state index is 3.88. The van der Waals surface area contributed by atoms with Gasteiger partial charge in [0.25, 0.3) is 0 Å². The molecule has 0 aromatic carbocycles. The number of rotatable bonds is 1. The van der Waals surface area contributed by atoms with Gasteiger partial charge in [0.05, 0.1) is 0 Å². The van der Waals surface area contributed by atoms with Gasteiger partial charge >= 0.3 is 51.2 Å². The van der Waals surface area contributed by atoms with E-state index in [0.717, 1.165) is 4.71 Å². The van der Waals surface area contributed by atoms with E-state index in [1.54, 1.807) is 0 Å². The zero-order chi connectivity index (χ0) is 5.28. The van der Waals surface area contributed by atoms with Gasteiger partial charge in [0, 0.05) is 0 Å². The second kappa shape index (κ2) is 2.05. The first-order valence-electron chi connectivity index (χ1n) is 2.67. The molecule has 7 heavy (non-hydrogen) atoms. The van der Waals surface area contributed by atoms with E-state index in [-0.39, 0.29) is 0 Å². The second-order valence-electron chi connectivity index (χ2n) is 2.14. The molecule has 0 bridgehead atoms. The van der Waals surface area contributed by atoms with Gasteiger partial charge in [-0.25, -0.2) is 0 Å². The third kappa shape index (κ3) is 1.10. The van der Waals surface area contributed by atoms with Crippen molar-refractivity contribution in [2.24, 2.45) is 0 Å². The maximum absolute atomic E-state index is 3.88. The Morgan fingerprint density at radius 2 is 2.29 bits per heavy atom. The first kappa shape index (κ1) is 5.44. The molecule has 1 atom stereocenters. The van der Waals surface area contributed by atoms with Gasteiger partial charge in [-0.3, -0.25) is 0 Å². The summed E-state index contributed by atoms with van der Waals surface area (Å²) in [5.41, 5.74) is 3.85. The SMILES string of the molecule is C=C1CC([AsH]C)C1. The van der Waals surface area contributed by atoms with Crippen molar-refractivity contribution < 1.29 is 0 Å². The molecule has 1 aliphatic rings. The van der Waals surface area contributed by atoms with Crippen LogP contribution in [-0.4, -0.2) is 15.8 Å². The molecule has 0 amide bonds. The van der Waals surface area contributed by atoms with E-state index >= 15 is 0 Å². The Kier molecular flexibility index (Phi) is 1.59. The summed E-state index contributed by atoms with van der Waals surface area (Å²) in [5.74, 6) is 0. The summed E-state index contributed by atoms with van der Waals surface area (Å²) < 4.78 is 1.12. The van der Waals surface area contributed by atoms with E-state index in [1.807, 2.05) is 0 Å². The van der Waals surface area contributed by atoms with Gasteiger partial charge in [0.2, 0.25) is 0 Å². The van der Waals surface area contributed by atoms with Crippen molar-refractivity contribution in [1.29, 1.82) is 0 Å². The molecule has 0 heterocycles. The van der Waals surface area contributed by atoms with Crippen LogP contribution in [0.4, 0.5) is 0 Å². The molecule has 1 saturated carbocycles. The Morgan fingerprint density at radius 3 is 2.43 bits per heavy atom. The Bertz CT molecular complexity index is 78.2. The van der Waals surface area contributed by atoms with Crippen LogP contribution >= 0.6 is 0 Å². The Labute approximate surface area is 51.7 Å². The third-order valence-electron chi connectivity index (χ3n) is 1.48. The first-order valence-corrected chi connectivity index (χ1v) is 5.98. The molecule has 0 radical (unpaired) electrons. The quantitative estimate of drug-likeness (QED) is 0.401. The Hall–Kier alpha value is 0.298. The first-order chi connectivity index (χ1) is 3.33. The van der Waals surface area contributed by atoms with Gasteiger partial charge in [0.1, 0.15) is 0 Å². The van der Waals surface area contributed by atoms with Crippen LogP contribution in [0.2, 0.25) is 10.4 Å². The third-order valence-corrected chi connectivity index (χ3v) is 4.05. The predicted octanol–water partition coefficient (Wildman–Crippen LogP) is 1.61. The van der Waals surface area contributed by atoms with E-state index in [2.05, 4.69) is 12.3 Å². The van der Waals surface area contributed by atoms with Gasteiger partial charge in [-0.1, -0.05) is 0 Å². The van der Waals surface area contributed by atoms with E-state index in [1.165, 1.54) is 18.4 Å². The monoisotopic (exact) mass is 158 g/mol. The van der Waals surface area contributed by atoms with Crippen LogP contribution < -0.4 is 0 Å². The standard InChI is InChI=1S/C6H11As/c1-5-3-6(4-5)7-2/h6-7H,1,3-4H2,2H3. The van der Waals surface area contributed by atoms with E-state index in [4.69, 9.17) is 0 Å². The molecular formula is C6H11As. The molecule has 0 saturated heterocycles. The molecule has 40 valence electrons. The summed E-state index contributed by atoms with van der Waals surface area (Å²) in [6.45, 7) is 3.88. The van der Waals surface area contributed by atoms with E-state index < -0.39 is 0 Å². The summed E-state index contributed by atoms with van der Waals surface area (Å²) in [4.78, 5) is 0. The normalized spacial score (nSPS) is 23.9. The van der Waals surface area contributed by atoms with Crippen molar-refractivity contribution in [3.63, 3.8) is 0 Å². The van der Waals surface area contributed by atoms with Gasteiger partial charge in [-0.2, -0.15) is 0 Å². The van der Waals surface area contributed by atoms with Crippen molar-refractivity contribution in [2.45, 2.75) is 23.3 Å². The second-order valence-corrected chi connectivity index (χ2v) is 5.07. The van der Waals surface area contributed by atoms with Crippen LogP contribution in [0.3, 0.4) is 0 Å². The average Bonchev–Trinajstić information content (AvgIpc) is 1.58. The fraction of sp³-hybridized carbons (Fsp3) is 0.667. The fourth-order valence-electron chi connectivity index (χ4n) is 0.841. The number of hydrogen-bond acceptors (Lipinski definition) is 0. The Balaban J connectivity index is 2.17. The van der Waals surface area contributed by atoms with E-state index in [0.29, 0.717) is 15.8 Å². The molecule has 1 heteroatoms. The molecule has 0 aliphatic heterocycles. The predicted molar refractivity (Wildman–Crippen MR) is 35.1 cm³/mol. The molecule has 1 unspecified atom stereocenters. The van der Waals surface area contributed by atoms with E-state index in [9.17, 15) is 0 Å². The van der Waals surface area contributed by atoms with Crippen LogP contribution in [0.25, 0.3) is 0 Å². The molecular weight excluding hydrogens is 147 g/mol. The minimum atomic E-state index is 0.434. The Morgan fingerprint density at radius 1 is 1.71 bits per heavy atom. The van der Waals surface area contributed by atoms with Gasteiger partial charge < -0.3 is 0 Å². The van der Waals surface area contributed by atoms with Crippen molar-refractivity contribution in [3.05, 3.63) is 12.2 Å². The fourth-order valence-corrected chi connectivity index (χ4v) is 2.91. The minimum absolute atomic E-state index is 0.434. The summed E-state index contributed by atoms with van der Waals surface area (Å²) in [6, 6.07) is 0. The molecule has 1 rings (SSSR count). The van der Waals surface area contributed by atoms with Crippen LogP contribution in [0, 0.1) is 0 Å². The van der Waals surface area contributed by atoms with Crippen molar-refractivity contribution in [1.82, 2.24) is 0 Å². The molecule has 0 aromatic rings. The average molecular weight is 158 g/mol. The van der Waals surface area contributed by atoms with Crippen LogP contribution in [-0.2, 0) is 0 Å². The van der Waals surface area contributed by atoms with Gasteiger partial charge in [0.15, 0.2) is 0 Å². The van der Waals surface area contributed by atoms with Crippen LogP contribution in [0.1, 0.15) is 12.8 Å². The summed E-state index contributed by atoms with van der Waals surface area (Å²) in [7, 11) is 0. The van der Waals surface area contributed by atoms with Crippen molar-refractivity contribution in [2.75, 3.05) is 0 Å². The molecule has 0 N–H and O–H groups in total. The van der Waals surface area contributed by atoms with Crippen LogP contribution in [0.5, 0.6) is 0 Å². The topological polar surface area (TPSA) is 0 Å². The number of hydrogen-bond donors (Lipinski definition) is 0.